The summed E-state index contributed by atoms with van der Waals surface area (Å²) in [6.07, 6.45) is 2.11. The van der Waals surface area contributed by atoms with Crippen LogP contribution in [-0.4, -0.2) is 23.3 Å². The van der Waals surface area contributed by atoms with Crippen molar-refractivity contribution in [2.45, 2.75) is 38.3 Å². The van der Waals surface area contributed by atoms with E-state index in [2.05, 4.69) is 5.32 Å². The number of nitrogens with one attached hydrogen (secondary N) is 1. The lowest BCUT2D eigenvalue weighted by Gasteiger charge is -2.27. The number of halogens is 2. The number of nitrogens with zero attached hydrogens (tertiary/aromatic N) is 1. The minimum Gasteiger partial charge on any atom is -0.349 e. The van der Waals surface area contributed by atoms with Crippen LogP contribution < -0.4 is 5.32 Å². The van der Waals surface area contributed by atoms with Crippen LogP contribution in [0.25, 0.3) is 0 Å². The number of likely N-dealkylation sites (tertiary alicyclic amines) is 1. The quantitative estimate of drug-likeness (QED) is 0.767. The summed E-state index contributed by atoms with van der Waals surface area (Å²) in [5.74, 6) is -0.139. The zero-order valence-electron chi connectivity index (χ0n) is 15.1. The second kappa shape index (κ2) is 8.77. The Kier molecular flexibility index (Phi) is 6.40. The summed E-state index contributed by atoms with van der Waals surface area (Å²) >= 11 is 11.9. The highest BCUT2D eigenvalue weighted by Gasteiger charge is 2.31. The normalized spacial score (nSPS) is 17.6. The maximum Gasteiger partial charge on any atom is 0.225 e. The Morgan fingerprint density at radius 1 is 1.07 bits per heavy atom. The monoisotopic (exact) mass is 404 g/mol. The molecule has 1 N–H and O–H groups in total. The van der Waals surface area contributed by atoms with Crippen molar-refractivity contribution in [1.82, 2.24) is 10.2 Å². The van der Waals surface area contributed by atoms with Crippen molar-refractivity contribution < 1.29 is 9.59 Å². The fourth-order valence-electron chi connectivity index (χ4n) is 3.58. The van der Waals surface area contributed by atoms with Crippen LogP contribution in [0.15, 0.2) is 48.5 Å². The van der Waals surface area contributed by atoms with E-state index in [0.29, 0.717) is 10.0 Å². The van der Waals surface area contributed by atoms with E-state index in [-0.39, 0.29) is 30.3 Å². The van der Waals surface area contributed by atoms with Gasteiger partial charge in [-0.25, -0.2) is 0 Å². The van der Waals surface area contributed by atoms with Gasteiger partial charge in [0.05, 0.1) is 18.5 Å². The molecule has 2 amide bonds. The van der Waals surface area contributed by atoms with Gasteiger partial charge in [0.1, 0.15) is 0 Å². The average molecular weight is 405 g/mol. The van der Waals surface area contributed by atoms with E-state index in [1.807, 2.05) is 41.3 Å². The lowest BCUT2D eigenvalue weighted by atomic mass is 10.0. The van der Waals surface area contributed by atoms with E-state index >= 15 is 0 Å². The summed E-state index contributed by atoms with van der Waals surface area (Å²) in [5, 5.41) is 4.19. The van der Waals surface area contributed by atoms with Gasteiger partial charge in [0.15, 0.2) is 0 Å². The van der Waals surface area contributed by atoms with Crippen LogP contribution in [0, 0.1) is 0 Å². The van der Waals surface area contributed by atoms with Gasteiger partial charge in [0.2, 0.25) is 11.8 Å². The third kappa shape index (κ3) is 5.02. The molecule has 0 radical (unpaired) electrons. The van der Waals surface area contributed by atoms with E-state index < -0.39 is 0 Å². The Balaban J connectivity index is 1.76. The molecule has 2 unspecified atom stereocenters. The van der Waals surface area contributed by atoms with Gasteiger partial charge >= 0.3 is 0 Å². The van der Waals surface area contributed by atoms with Gasteiger partial charge in [-0.05, 0) is 48.2 Å². The molecule has 6 heteroatoms. The molecule has 1 aliphatic rings. The molecule has 142 valence electrons. The van der Waals surface area contributed by atoms with Crippen molar-refractivity contribution in [2.75, 3.05) is 6.54 Å². The van der Waals surface area contributed by atoms with Crippen molar-refractivity contribution in [1.29, 1.82) is 0 Å². The minimum atomic E-state index is -0.376. The van der Waals surface area contributed by atoms with Gasteiger partial charge < -0.3 is 10.2 Å². The Morgan fingerprint density at radius 2 is 1.67 bits per heavy atom. The molecule has 0 aliphatic carbocycles. The fourth-order valence-corrected chi connectivity index (χ4v) is 3.83. The Morgan fingerprint density at radius 3 is 2.26 bits per heavy atom. The number of amides is 2. The largest absolute Gasteiger partial charge is 0.349 e. The molecule has 2 aromatic rings. The van der Waals surface area contributed by atoms with E-state index in [0.717, 1.165) is 30.5 Å². The number of benzene rings is 2. The second-order valence-electron chi connectivity index (χ2n) is 6.81. The molecule has 0 spiro atoms. The molecule has 1 heterocycles. The highest BCUT2D eigenvalue weighted by Crippen LogP contribution is 2.34. The van der Waals surface area contributed by atoms with Crippen molar-refractivity contribution >= 4 is 35.0 Å². The summed E-state index contributed by atoms with van der Waals surface area (Å²) in [6, 6.07) is 14.6. The summed E-state index contributed by atoms with van der Waals surface area (Å²) in [5.41, 5.74) is 1.96. The second-order valence-corrected chi connectivity index (χ2v) is 7.68. The molecule has 0 saturated carbocycles. The molecule has 1 saturated heterocycles. The van der Waals surface area contributed by atoms with E-state index in [1.54, 1.807) is 12.1 Å². The molecular weight excluding hydrogens is 383 g/mol. The predicted molar refractivity (Wildman–Crippen MR) is 108 cm³/mol. The highest BCUT2D eigenvalue weighted by atomic mass is 35.5. The Labute approximate surface area is 169 Å². The van der Waals surface area contributed by atoms with E-state index in [1.165, 1.54) is 6.92 Å². The summed E-state index contributed by atoms with van der Waals surface area (Å²) in [4.78, 5) is 26.6. The van der Waals surface area contributed by atoms with Crippen LogP contribution in [0.5, 0.6) is 0 Å². The third-order valence-corrected chi connectivity index (χ3v) is 5.36. The van der Waals surface area contributed by atoms with E-state index in [4.69, 9.17) is 23.2 Å². The molecule has 1 aliphatic heterocycles. The standard InChI is InChI=1S/C21H22Cl2N2O2/c1-14(26)24-19(15-4-8-17(22)9-5-15)13-21(27)25-12-2-3-20(25)16-6-10-18(23)11-7-16/h4-11,19-20H,2-3,12-13H2,1H3,(H,24,26). The van der Waals surface area contributed by atoms with Gasteiger partial charge in [-0.2, -0.15) is 0 Å². The molecule has 2 aromatic carbocycles. The lowest BCUT2D eigenvalue weighted by Crippen LogP contribution is -2.35. The topological polar surface area (TPSA) is 49.4 Å². The summed E-state index contributed by atoms with van der Waals surface area (Å²) < 4.78 is 0. The van der Waals surface area contributed by atoms with Gasteiger partial charge in [0, 0.05) is 23.5 Å². The van der Waals surface area contributed by atoms with Crippen molar-refractivity contribution in [3.8, 4) is 0 Å². The first-order chi connectivity index (χ1) is 12.9. The van der Waals surface area contributed by atoms with Gasteiger partial charge in [-0.3, -0.25) is 9.59 Å². The van der Waals surface area contributed by atoms with Crippen molar-refractivity contribution in [3.63, 3.8) is 0 Å². The first-order valence-corrected chi connectivity index (χ1v) is 9.77. The maximum atomic E-state index is 13.1. The van der Waals surface area contributed by atoms with Crippen LogP contribution in [-0.2, 0) is 9.59 Å². The van der Waals surface area contributed by atoms with Crippen LogP contribution in [0.2, 0.25) is 10.0 Å². The fraction of sp³-hybridized carbons (Fsp3) is 0.333. The first-order valence-electron chi connectivity index (χ1n) is 9.01. The lowest BCUT2D eigenvalue weighted by molar-refractivity contribution is -0.133. The van der Waals surface area contributed by atoms with Gasteiger partial charge in [-0.15, -0.1) is 0 Å². The van der Waals surface area contributed by atoms with Crippen molar-refractivity contribution in [2.24, 2.45) is 0 Å². The van der Waals surface area contributed by atoms with Gasteiger partial charge in [-0.1, -0.05) is 47.5 Å². The molecule has 0 bridgehead atoms. The molecular formula is C21H22Cl2N2O2. The first kappa shape index (κ1) is 19.7. The molecule has 27 heavy (non-hydrogen) atoms. The third-order valence-electron chi connectivity index (χ3n) is 4.86. The number of carbonyl (C=O) groups excluding carboxylic acids is 2. The maximum absolute atomic E-state index is 13.1. The van der Waals surface area contributed by atoms with Crippen LogP contribution in [0.3, 0.4) is 0 Å². The molecule has 2 atom stereocenters. The summed E-state index contributed by atoms with van der Waals surface area (Å²) in [7, 11) is 0. The SMILES string of the molecule is CC(=O)NC(CC(=O)N1CCCC1c1ccc(Cl)cc1)c1ccc(Cl)cc1. The predicted octanol–water partition coefficient (Wildman–Crippen LogP) is 4.92. The highest BCUT2D eigenvalue weighted by molar-refractivity contribution is 6.30. The number of hydrogen-bond acceptors (Lipinski definition) is 2. The minimum absolute atomic E-state index is 0.0288. The van der Waals surface area contributed by atoms with Crippen LogP contribution in [0.4, 0.5) is 0 Å². The number of rotatable bonds is 5. The van der Waals surface area contributed by atoms with Gasteiger partial charge in [0.25, 0.3) is 0 Å². The number of hydrogen-bond donors (Lipinski definition) is 1. The van der Waals surface area contributed by atoms with E-state index in [9.17, 15) is 9.59 Å². The Bertz CT molecular complexity index is 806. The zero-order chi connectivity index (χ0) is 19.4. The van der Waals surface area contributed by atoms with Crippen LogP contribution in [0.1, 0.15) is 49.4 Å². The molecule has 1 fully saturated rings. The molecule has 0 aromatic heterocycles. The van der Waals surface area contributed by atoms with Crippen LogP contribution >= 0.6 is 23.2 Å². The zero-order valence-corrected chi connectivity index (χ0v) is 16.6. The molecule has 3 rings (SSSR count). The summed E-state index contributed by atoms with van der Waals surface area (Å²) in [6.45, 7) is 2.18. The Hall–Kier alpha value is -2.04. The average Bonchev–Trinajstić information content (AvgIpc) is 3.12. The molecule has 4 nitrogen and oxygen atoms in total. The smallest absolute Gasteiger partial charge is 0.225 e. The number of carbonyl (C=O) groups is 2. The van der Waals surface area contributed by atoms with Crippen molar-refractivity contribution in [3.05, 3.63) is 69.7 Å².